The lowest BCUT2D eigenvalue weighted by Gasteiger charge is -2.04. The topological polar surface area (TPSA) is 77.3 Å². The van der Waals surface area contributed by atoms with Crippen LogP contribution in [0.4, 0.5) is 5.69 Å². The zero-order valence-electron chi connectivity index (χ0n) is 9.11. The number of rotatable bonds is 3. The summed E-state index contributed by atoms with van der Waals surface area (Å²) in [4.78, 5) is 9.80. The second-order valence-corrected chi connectivity index (χ2v) is 5.39. The van der Waals surface area contributed by atoms with Crippen LogP contribution in [0.5, 0.6) is 0 Å². The van der Waals surface area contributed by atoms with Gasteiger partial charge < -0.3 is 0 Å². The summed E-state index contributed by atoms with van der Waals surface area (Å²) in [7, 11) is -3.88. The highest BCUT2D eigenvalue weighted by Gasteiger charge is 2.26. The highest BCUT2D eigenvalue weighted by Crippen LogP contribution is 2.28. The third kappa shape index (κ3) is 2.10. The van der Waals surface area contributed by atoms with Crippen LogP contribution >= 0.6 is 0 Å². The Morgan fingerprint density at radius 2 is 1.78 bits per heavy atom. The van der Waals surface area contributed by atoms with Gasteiger partial charge >= 0.3 is 0 Å². The molecular weight excluding hydrogens is 254 g/mol. The van der Waals surface area contributed by atoms with Crippen molar-refractivity contribution in [3.8, 4) is 0 Å². The molecular formula is C12H8NO4S. The second-order valence-electron chi connectivity index (χ2n) is 3.47. The van der Waals surface area contributed by atoms with Crippen molar-refractivity contribution in [1.29, 1.82) is 0 Å². The van der Waals surface area contributed by atoms with Gasteiger partial charge in [-0.25, -0.2) is 8.42 Å². The fraction of sp³-hybridized carbons (Fsp3) is 0. The molecule has 0 fully saturated rings. The van der Waals surface area contributed by atoms with Gasteiger partial charge in [0.15, 0.2) is 0 Å². The number of nitro benzene ring substituents is 1. The van der Waals surface area contributed by atoms with E-state index in [0.29, 0.717) is 0 Å². The van der Waals surface area contributed by atoms with Crippen molar-refractivity contribution in [1.82, 2.24) is 0 Å². The molecule has 2 rings (SSSR count). The summed E-state index contributed by atoms with van der Waals surface area (Å²) < 4.78 is 24.5. The molecule has 2 aromatic carbocycles. The van der Waals surface area contributed by atoms with Gasteiger partial charge in [0.25, 0.3) is 5.69 Å². The van der Waals surface area contributed by atoms with Crippen molar-refractivity contribution in [3.05, 3.63) is 64.7 Å². The molecule has 0 unspecified atom stereocenters. The van der Waals surface area contributed by atoms with Crippen LogP contribution in [0.3, 0.4) is 0 Å². The van der Waals surface area contributed by atoms with E-state index in [1.807, 2.05) is 0 Å². The van der Waals surface area contributed by atoms with Crippen LogP contribution in [-0.2, 0) is 9.84 Å². The largest absolute Gasteiger partial charge is 0.288 e. The van der Waals surface area contributed by atoms with Gasteiger partial charge in [-0.2, -0.15) is 0 Å². The first-order valence-corrected chi connectivity index (χ1v) is 6.46. The first-order valence-electron chi connectivity index (χ1n) is 4.98. The van der Waals surface area contributed by atoms with Crippen LogP contribution in [0.15, 0.2) is 58.3 Å². The second kappa shape index (κ2) is 4.58. The first kappa shape index (κ1) is 12.3. The molecule has 0 amide bonds. The normalized spacial score (nSPS) is 11.1. The molecule has 2 aromatic rings. The minimum atomic E-state index is -3.88. The number of hydrogen-bond acceptors (Lipinski definition) is 4. The molecule has 5 nitrogen and oxygen atoms in total. The minimum Gasteiger partial charge on any atom is -0.258 e. The summed E-state index contributed by atoms with van der Waals surface area (Å²) in [6.07, 6.45) is 0. The van der Waals surface area contributed by atoms with Crippen molar-refractivity contribution in [2.45, 2.75) is 9.79 Å². The fourth-order valence-electron chi connectivity index (χ4n) is 1.50. The van der Waals surface area contributed by atoms with Gasteiger partial charge in [-0.1, -0.05) is 24.3 Å². The van der Waals surface area contributed by atoms with Crippen molar-refractivity contribution < 1.29 is 13.3 Å². The molecule has 0 saturated carbocycles. The lowest BCUT2D eigenvalue weighted by molar-refractivity contribution is -0.387. The SMILES string of the molecule is O=[N+]([O-])c1c[c]ccc1S(=O)(=O)c1ccccc1. The van der Waals surface area contributed by atoms with Crippen LogP contribution < -0.4 is 0 Å². The third-order valence-corrected chi connectivity index (χ3v) is 4.16. The number of benzene rings is 2. The standard InChI is InChI=1S/C12H8NO4S/c14-13(15)11-8-4-5-9-12(11)18(16,17)10-6-2-1-3-7-10/h1-3,5-9H. The van der Waals surface area contributed by atoms with E-state index in [2.05, 4.69) is 6.07 Å². The van der Waals surface area contributed by atoms with E-state index in [9.17, 15) is 18.5 Å². The molecule has 0 heterocycles. The highest BCUT2D eigenvalue weighted by molar-refractivity contribution is 7.91. The number of nitrogens with zero attached hydrogens (tertiary/aromatic N) is 1. The summed E-state index contributed by atoms with van der Waals surface area (Å²) in [6, 6.07) is 13.7. The van der Waals surface area contributed by atoms with Gasteiger partial charge in [0.05, 0.1) is 9.82 Å². The molecule has 0 saturated heterocycles. The van der Waals surface area contributed by atoms with Gasteiger partial charge in [-0.05, 0) is 24.3 Å². The summed E-state index contributed by atoms with van der Waals surface area (Å²) >= 11 is 0. The molecule has 6 heteroatoms. The number of nitro groups is 1. The first-order chi connectivity index (χ1) is 8.53. The Kier molecular flexibility index (Phi) is 3.12. The molecule has 0 aromatic heterocycles. The molecule has 0 aliphatic heterocycles. The van der Waals surface area contributed by atoms with Crippen LogP contribution in [0.25, 0.3) is 0 Å². The predicted octanol–water partition coefficient (Wildman–Crippen LogP) is 2.23. The van der Waals surface area contributed by atoms with E-state index >= 15 is 0 Å². The van der Waals surface area contributed by atoms with E-state index < -0.39 is 20.4 Å². The smallest absolute Gasteiger partial charge is 0.258 e. The zero-order valence-corrected chi connectivity index (χ0v) is 9.92. The van der Waals surface area contributed by atoms with E-state index in [1.165, 1.54) is 24.3 Å². The van der Waals surface area contributed by atoms with E-state index in [-0.39, 0.29) is 9.79 Å². The van der Waals surface area contributed by atoms with Crippen molar-refractivity contribution in [2.24, 2.45) is 0 Å². The molecule has 0 spiro atoms. The van der Waals surface area contributed by atoms with E-state index in [0.717, 1.165) is 6.07 Å². The Morgan fingerprint density at radius 1 is 1.11 bits per heavy atom. The molecule has 1 radical (unpaired) electrons. The molecule has 0 aliphatic rings. The molecule has 0 aliphatic carbocycles. The Bertz CT molecular complexity index is 680. The lowest BCUT2D eigenvalue weighted by atomic mass is 10.3. The minimum absolute atomic E-state index is 0.0271. The van der Waals surface area contributed by atoms with Gasteiger partial charge in [-0.15, -0.1) is 0 Å². The Labute approximate surface area is 104 Å². The van der Waals surface area contributed by atoms with Crippen molar-refractivity contribution >= 4 is 15.5 Å². The average molecular weight is 262 g/mol. The Balaban J connectivity index is 2.66. The highest BCUT2D eigenvalue weighted by atomic mass is 32.2. The van der Waals surface area contributed by atoms with E-state index in [4.69, 9.17) is 0 Å². The van der Waals surface area contributed by atoms with Crippen LogP contribution in [0, 0.1) is 16.2 Å². The van der Waals surface area contributed by atoms with Crippen molar-refractivity contribution in [2.75, 3.05) is 0 Å². The van der Waals surface area contributed by atoms with Crippen molar-refractivity contribution in [3.63, 3.8) is 0 Å². The van der Waals surface area contributed by atoms with Crippen LogP contribution in [0.2, 0.25) is 0 Å². The van der Waals surface area contributed by atoms with Crippen LogP contribution in [-0.4, -0.2) is 13.3 Å². The van der Waals surface area contributed by atoms with Gasteiger partial charge in [0.2, 0.25) is 9.84 Å². The molecule has 0 bridgehead atoms. The molecule has 91 valence electrons. The lowest BCUT2D eigenvalue weighted by Crippen LogP contribution is -2.05. The summed E-state index contributed by atoms with van der Waals surface area (Å²) in [5.74, 6) is 0. The molecule has 18 heavy (non-hydrogen) atoms. The number of sulfone groups is 1. The van der Waals surface area contributed by atoms with E-state index in [1.54, 1.807) is 18.2 Å². The quantitative estimate of drug-likeness (QED) is 0.627. The molecule has 0 N–H and O–H groups in total. The third-order valence-electron chi connectivity index (χ3n) is 2.34. The maximum Gasteiger partial charge on any atom is 0.288 e. The Morgan fingerprint density at radius 3 is 2.39 bits per heavy atom. The van der Waals surface area contributed by atoms with Gasteiger partial charge in [0, 0.05) is 6.07 Å². The van der Waals surface area contributed by atoms with Gasteiger partial charge in [-0.3, -0.25) is 10.1 Å². The number of hydrogen-bond donors (Lipinski definition) is 0. The fourth-order valence-corrected chi connectivity index (χ4v) is 2.93. The summed E-state index contributed by atoms with van der Waals surface area (Å²) in [5, 5.41) is 10.8. The monoisotopic (exact) mass is 262 g/mol. The maximum absolute atomic E-state index is 12.2. The molecule has 0 atom stereocenters. The summed E-state index contributed by atoms with van der Waals surface area (Å²) in [5.41, 5.74) is -0.471. The van der Waals surface area contributed by atoms with Crippen LogP contribution in [0.1, 0.15) is 0 Å². The van der Waals surface area contributed by atoms with Gasteiger partial charge in [0.1, 0.15) is 4.90 Å². The maximum atomic E-state index is 12.2. The predicted molar refractivity (Wildman–Crippen MR) is 63.8 cm³/mol. The average Bonchev–Trinajstić information content (AvgIpc) is 2.39. The summed E-state index contributed by atoms with van der Waals surface area (Å²) in [6.45, 7) is 0. The zero-order chi connectivity index (χ0) is 13.2. The Hall–Kier alpha value is -2.21.